The summed E-state index contributed by atoms with van der Waals surface area (Å²) in [6, 6.07) is 3.99. The van der Waals surface area contributed by atoms with Crippen LogP contribution < -0.4 is 0 Å². The molecule has 0 amide bonds. The van der Waals surface area contributed by atoms with E-state index in [1.165, 1.54) is 12.1 Å². The average molecular weight is 270 g/mol. The van der Waals surface area contributed by atoms with Crippen LogP contribution in [0.15, 0.2) is 18.2 Å². The summed E-state index contributed by atoms with van der Waals surface area (Å²) in [6.45, 7) is 1.56. The lowest BCUT2D eigenvalue weighted by Crippen LogP contribution is -2.17. The standard InChI is InChI=1S/C13H15FO3S/c14-11-6-9(5-10(7-11)13(15)16)8-18-12-1-3-17-4-2-12/h5-7,12H,1-4,8H2,(H,15,16). The first-order chi connectivity index (χ1) is 8.65. The number of carboxylic acids is 1. The molecule has 2 rings (SSSR count). The van der Waals surface area contributed by atoms with Gasteiger partial charge in [0.05, 0.1) is 5.56 Å². The quantitative estimate of drug-likeness (QED) is 0.913. The molecular weight excluding hydrogens is 255 g/mol. The first-order valence-electron chi connectivity index (χ1n) is 5.87. The Morgan fingerprint density at radius 1 is 1.39 bits per heavy atom. The van der Waals surface area contributed by atoms with E-state index in [4.69, 9.17) is 9.84 Å². The zero-order valence-electron chi connectivity index (χ0n) is 9.89. The first-order valence-corrected chi connectivity index (χ1v) is 6.92. The van der Waals surface area contributed by atoms with Crippen molar-refractivity contribution >= 4 is 17.7 Å². The molecule has 1 aliphatic heterocycles. The summed E-state index contributed by atoms with van der Waals surface area (Å²) in [5.74, 6) is -0.938. The van der Waals surface area contributed by atoms with Crippen LogP contribution in [0.4, 0.5) is 4.39 Å². The number of aromatic carboxylic acids is 1. The minimum Gasteiger partial charge on any atom is -0.478 e. The van der Waals surface area contributed by atoms with Crippen molar-refractivity contribution in [2.45, 2.75) is 23.8 Å². The third kappa shape index (κ3) is 3.71. The SMILES string of the molecule is O=C(O)c1cc(F)cc(CSC2CCOCC2)c1. The molecule has 0 aromatic heterocycles. The molecule has 1 fully saturated rings. The van der Waals surface area contributed by atoms with Crippen molar-refractivity contribution in [2.75, 3.05) is 13.2 Å². The molecule has 0 saturated carbocycles. The van der Waals surface area contributed by atoms with Gasteiger partial charge in [-0.15, -0.1) is 0 Å². The summed E-state index contributed by atoms with van der Waals surface area (Å²) in [5, 5.41) is 9.38. The Morgan fingerprint density at radius 3 is 2.78 bits per heavy atom. The average Bonchev–Trinajstić information content (AvgIpc) is 2.37. The van der Waals surface area contributed by atoms with Crippen LogP contribution >= 0.6 is 11.8 Å². The van der Waals surface area contributed by atoms with E-state index >= 15 is 0 Å². The molecule has 0 unspecified atom stereocenters. The van der Waals surface area contributed by atoms with E-state index in [-0.39, 0.29) is 5.56 Å². The van der Waals surface area contributed by atoms with Crippen LogP contribution in [0.2, 0.25) is 0 Å². The van der Waals surface area contributed by atoms with Gasteiger partial charge >= 0.3 is 5.97 Å². The maximum atomic E-state index is 13.3. The van der Waals surface area contributed by atoms with Crippen molar-refractivity contribution < 1.29 is 19.0 Å². The molecule has 5 heteroatoms. The minimum absolute atomic E-state index is 0.0116. The number of ether oxygens (including phenoxy) is 1. The van der Waals surface area contributed by atoms with Gasteiger partial charge in [-0.2, -0.15) is 11.8 Å². The predicted octanol–water partition coefficient (Wildman–Crippen LogP) is 2.94. The van der Waals surface area contributed by atoms with Crippen molar-refractivity contribution in [3.05, 3.63) is 35.1 Å². The lowest BCUT2D eigenvalue weighted by molar-refractivity contribution is 0.0696. The second-order valence-corrected chi connectivity index (χ2v) is 5.56. The number of rotatable bonds is 4. The summed E-state index contributed by atoms with van der Waals surface area (Å²) in [6.07, 6.45) is 2.01. The normalized spacial score (nSPS) is 16.7. The number of carbonyl (C=O) groups is 1. The molecule has 1 aromatic carbocycles. The molecule has 0 bridgehead atoms. The smallest absolute Gasteiger partial charge is 0.335 e. The highest BCUT2D eigenvalue weighted by Gasteiger charge is 2.15. The molecule has 0 spiro atoms. The summed E-state index contributed by atoms with van der Waals surface area (Å²) >= 11 is 1.74. The van der Waals surface area contributed by atoms with Crippen LogP contribution in [0.3, 0.4) is 0 Å². The van der Waals surface area contributed by atoms with Crippen LogP contribution in [0.1, 0.15) is 28.8 Å². The number of halogens is 1. The maximum absolute atomic E-state index is 13.3. The lowest BCUT2D eigenvalue weighted by atomic mass is 10.1. The molecule has 1 aliphatic rings. The van der Waals surface area contributed by atoms with Crippen LogP contribution in [-0.4, -0.2) is 29.5 Å². The number of benzene rings is 1. The third-order valence-electron chi connectivity index (χ3n) is 2.86. The topological polar surface area (TPSA) is 46.5 Å². The fraction of sp³-hybridized carbons (Fsp3) is 0.462. The van der Waals surface area contributed by atoms with Gasteiger partial charge in [-0.3, -0.25) is 0 Å². The van der Waals surface area contributed by atoms with Crippen molar-refractivity contribution in [3.8, 4) is 0 Å². The van der Waals surface area contributed by atoms with Crippen molar-refractivity contribution in [1.29, 1.82) is 0 Å². The lowest BCUT2D eigenvalue weighted by Gasteiger charge is -2.21. The van der Waals surface area contributed by atoms with Crippen LogP contribution in [0.25, 0.3) is 0 Å². The van der Waals surface area contributed by atoms with Gasteiger partial charge in [0.15, 0.2) is 0 Å². The van der Waals surface area contributed by atoms with E-state index in [1.54, 1.807) is 11.8 Å². The fourth-order valence-electron chi connectivity index (χ4n) is 1.91. The second-order valence-electron chi connectivity index (χ2n) is 4.28. The monoisotopic (exact) mass is 270 g/mol. The van der Waals surface area contributed by atoms with Gasteiger partial charge in [0.2, 0.25) is 0 Å². The Balaban J connectivity index is 1.97. The van der Waals surface area contributed by atoms with E-state index < -0.39 is 11.8 Å². The van der Waals surface area contributed by atoms with Gasteiger partial charge in [-0.25, -0.2) is 9.18 Å². The molecule has 0 atom stereocenters. The Morgan fingerprint density at radius 2 is 2.11 bits per heavy atom. The van der Waals surface area contributed by atoms with E-state index in [2.05, 4.69) is 0 Å². The molecule has 1 aromatic rings. The predicted molar refractivity (Wildman–Crippen MR) is 68.5 cm³/mol. The molecule has 18 heavy (non-hydrogen) atoms. The van der Waals surface area contributed by atoms with Gasteiger partial charge in [-0.1, -0.05) is 0 Å². The van der Waals surface area contributed by atoms with Crippen LogP contribution in [0.5, 0.6) is 0 Å². The Hall–Kier alpha value is -1.07. The second kappa shape index (κ2) is 6.20. The maximum Gasteiger partial charge on any atom is 0.335 e. The Kier molecular flexibility index (Phi) is 4.60. The van der Waals surface area contributed by atoms with E-state index in [0.717, 1.165) is 37.7 Å². The molecule has 0 radical (unpaired) electrons. The van der Waals surface area contributed by atoms with Crippen LogP contribution in [-0.2, 0) is 10.5 Å². The van der Waals surface area contributed by atoms with Gasteiger partial charge in [0, 0.05) is 24.2 Å². The fourth-order valence-corrected chi connectivity index (χ4v) is 3.03. The van der Waals surface area contributed by atoms with E-state index in [0.29, 0.717) is 11.0 Å². The molecular formula is C13H15FO3S. The minimum atomic E-state index is -1.09. The van der Waals surface area contributed by atoms with Gasteiger partial charge in [-0.05, 0) is 36.6 Å². The summed E-state index contributed by atoms with van der Waals surface area (Å²) in [4.78, 5) is 10.8. The highest BCUT2D eigenvalue weighted by atomic mass is 32.2. The van der Waals surface area contributed by atoms with Gasteiger partial charge < -0.3 is 9.84 Å². The molecule has 0 aliphatic carbocycles. The highest BCUT2D eigenvalue weighted by molar-refractivity contribution is 7.99. The third-order valence-corrected chi connectivity index (χ3v) is 4.30. The molecule has 1 heterocycles. The van der Waals surface area contributed by atoms with Gasteiger partial charge in [0.1, 0.15) is 5.82 Å². The highest BCUT2D eigenvalue weighted by Crippen LogP contribution is 2.26. The zero-order chi connectivity index (χ0) is 13.0. The Labute approximate surface area is 109 Å². The molecule has 1 saturated heterocycles. The number of thioether (sulfide) groups is 1. The summed E-state index contributed by atoms with van der Waals surface area (Å²) < 4.78 is 18.5. The van der Waals surface area contributed by atoms with Crippen molar-refractivity contribution in [2.24, 2.45) is 0 Å². The summed E-state index contributed by atoms with van der Waals surface area (Å²) in [5.41, 5.74) is 0.737. The zero-order valence-corrected chi connectivity index (χ0v) is 10.7. The van der Waals surface area contributed by atoms with Gasteiger partial charge in [0.25, 0.3) is 0 Å². The number of hydrogen-bond acceptors (Lipinski definition) is 3. The first kappa shape index (κ1) is 13.4. The summed E-state index contributed by atoms with van der Waals surface area (Å²) in [7, 11) is 0. The van der Waals surface area contributed by atoms with E-state index in [9.17, 15) is 9.18 Å². The number of hydrogen-bond donors (Lipinski definition) is 1. The molecule has 1 N–H and O–H groups in total. The number of carboxylic acid groups (broad SMARTS) is 1. The van der Waals surface area contributed by atoms with Crippen LogP contribution in [0, 0.1) is 5.82 Å². The molecule has 3 nitrogen and oxygen atoms in total. The van der Waals surface area contributed by atoms with Crippen molar-refractivity contribution in [3.63, 3.8) is 0 Å². The molecule has 98 valence electrons. The largest absolute Gasteiger partial charge is 0.478 e. The van der Waals surface area contributed by atoms with E-state index in [1.807, 2.05) is 0 Å². The Bertz CT molecular complexity index is 430. The van der Waals surface area contributed by atoms with Crippen molar-refractivity contribution in [1.82, 2.24) is 0 Å².